The first-order chi connectivity index (χ1) is 9.92. The van der Waals surface area contributed by atoms with Crippen LogP contribution in [0.15, 0.2) is 54.6 Å². The van der Waals surface area contributed by atoms with Crippen LogP contribution < -0.4 is 5.32 Å². The molecule has 1 unspecified atom stereocenters. The zero-order valence-corrected chi connectivity index (χ0v) is 12.0. The van der Waals surface area contributed by atoms with Crippen LogP contribution in [-0.2, 0) is 19.3 Å². The topological polar surface area (TPSA) is 12.0 Å². The second kappa shape index (κ2) is 6.71. The normalized spacial score (nSPS) is 17.7. The Bertz CT molecular complexity index is 532. The van der Waals surface area contributed by atoms with Crippen molar-refractivity contribution in [2.45, 2.75) is 25.7 Å². The number of hydrogen-bond acceptors (Lipinski definition) is 1. The molecule has 1 nitrogen and oxygen atoms in total. The van der Waals surface area contributed by atoms with Crippen molar-refractivity contribution in [2.75, 3.05) is 13.1 Å². The van der Waals surface area contributed by atoms with Gasteiger partial charge in [0.05, 0.1) is 0 Å². The molecule has 1 atom stereocenters. The van der Waals surface area contributed by atoms with E-state index in [0.29, 0.717) is 0 Å². The van der Waals surface area contributed by atoms with Gasteiger partial charge >= 0.3 is 0 Å². The Morgan fingerprint density at radius 1 is 0.900 bits per heavy atom. The smallest absolute Gasteiger partial charge is 0.000823 e. The number of rotatable bonds is 5. The standard InChI is InChI=1S/C19H23N/c1-2-6-16(7-3-1)12-13-20-15-17-10-11-18-8-4-5-9-19(18)14-17/h1-9,17,20H,10-15H2. The second-order valence-electron chi connectivity index (χ2n) is 5.82. The van der Waals surface area contributed by atoms with Crippen molar-refractivity contribution in [3.63, 3.8) is 0 Å². The van der Waals surface area contributed by atoms with E-state index in [4.69, 9.17) is 0 Å². The van der Waals surface area contributed by atoms with Crippen LogP contribution in [0.5, 0.6) is 0 Å². The molecule has 0 bridgehead atoms. The third kappa shape index (κ3) is 3.49. The fourth-order valence-corrected chi connectivity index (χ4v) is 3.13. The Kier molecular flexibility index (Phi) is 4.49. The molecular weight excluding hydrogens is 242 g/mol. The van der Waals surface area contributed by atoms with Crippen molar-refractivity contribution in [3.05, 3.63) is 71.3 Å². The van der Waals surface area contributed by atoms with Crippen LogP contribution in [-0.4, -0.2) is 13.1 Å². The molecule has 0 aliphatic heterocycles. The van der Waals surface area contributed by atoms with Crippen LogP contribution in [0.2, 0.25) is 0 Å². The molecule has 0 radical (unpaired) electrons. The first-order valence-corrected chi connectivity index (χ1v) is 7.73. The Hall–Kier alpha value is -1.60. The molecule has 0 spiro atoms. The maximum atomic E-state index is 3.63. The molecule has 0 amide bonds. The van der Waals surface area contributed by atoms with Crippen molar-refractivity contribution in [2.24, 2.45) is 5.92 Å². The molecule has 0 fully saturated rings. The van der Waals surface area contributed by atoms with Gasteiger partial charge in [-0.3, -0.25) is 0 Å². The van der Waals surface area contributed by atoms with Gasteiger partial charge in [0.1, 0.15) is 0 Å². The van der Waals surface area contributed by atoms with Crippen LogP contribution in [0.4, 0.5) is 0 Å². The molecule has 3 rings (SSSR count). The van der Waals surface area contributed by atoms with Gasteiger partial charge in [-0.05, 0) is 61.4 Å². The summed E-state index contributed by atoms with van der Waals surface area (Å²) in [4.78, 5) is 0. The first kappa shape index (κ1) is 13.4. The lowest BCUT2D eigenvalue weighted by Crippen LogP contribution is -2.28. The van der Waals surface area contributed by atoms with Gasteiger partial charge in [0.15, 0.2) is 0 Å². The molecule has 1 N–H and O–H groups in total. The van der Waals surface area contributed by atoms with Crippen molar-refractivity contribution < 1.29 is 0 Å². The molecule has 0 saturated heterocycles. The summed E-state index contributed by atoms with van der Waals surface area (Å²) in [5, 5.41) is 3.63. The number of benzene rings is 2. The van der Waals surface area contributed by atoms with Crippen molar-refractivity contribution in [1.29, 1.82) is 0 Å². The highest BCUT2D eigenvalue weighted by molar-refractivity contribution is 5.29. The minimum atomic E-state index is 0.806. The zero-order valence-electron chi connectivity index (χ0n) is 12.0. The Balaban J connectivity index is 1.42. The lowest BCUT2D eigenvalue weighted by atomic mass is 9.84. The minimum absolute atomic E-state index is 0.806. The average molecular weight is 265 g/mol. The molecule has 1 aliphatic carbocycles. The predicted octanol–water partition coefficient (Wildman–Crippen LogP) is 3.62. The van der Waals surface area contributed by atoms with Crippen molar-refractivity contribution >= 4 is 0 Å². The highest BCUT2D eigenvalue weighted by Gasteiger charge is 2.17. The fourth-order valence-electron chi connectivity index (χ4n) is 3.13. The van der Waals surface area contributed by atoms with Gasteiger partial charge in [-0.1, -0.05) is 54.6 Å². The van der Waals surface area contributed by atoms with Crippen LogP contribution in [0.3, 0.4) is 0 Å². The van der Waals surface area contributed by atoms with E-state index in [2.05, 4.69) is 59.9 Å². The Labute approximate surface area is 122 Å². The molecule has 0 saturated carbocycles. The number of aryl methyl sites for hydroxylation is 1. The number of nitrogens with one attached hydrogen (secondary N) is 1. The maximum absolute atomic E-state index is 3.63. The Morgan fingerprint density at radius 2 is 1.65 bits per heavy atom. The van der Waals surface area contributed by atoms with Gasteiger partial charge in [0.2, 0.25) is 0 Å². The molecule has 1 aliphatic rings. The molecule has 104 valence electrons. The van der Waals surface area contributed by atoms with Crippen LogP contribution in [0.1, 0.15) is 23.1 Å². The summed E-state index contributed by atoms with van der Waals surface area (Å²) in [5.74, 6) is 0.806. The monoisotopic (exact) mass is 265 g/mol. The molecular formula is C19H23N. The molecule has 20 heavy (non-hydrogen) atoms. The van der Waals surface area contributed by atoms with E-state index in [0.717, 1.165) is 25.4 Å². The van der Waals surface area contributed by atoms with Crippen molar-refractivity contribution in [3.8, 4) is 0 Å². The minimum Gasteiger partial charge on any atom is -0.316 e. The first-order valence-electron chi connectivity index (χ1n) is 7.73. The van der Waals surface area contributed by atoms with E-state index in [-0.39, 0.29) is 0 Å². The van der Waals surface area contributed by atoms with Gasteiger partial charge in [-0.2, -0.15) is 0 Å². The zero-order chi connectivity index (χ0) is 13.6. The average Bonchev–Trinajstić information content (AvgIpc) is 2.52. The molecule has 2 aromatic carbocycles. The highest BCUT2D eigenvalue weighted by atomic mass is 14.9. The number of fused-ring (bicyclic) bond motifs is 1. The van der Waals surface area contributed by atoms with Gasteiger partial charge in [-0.25, -0.2) is 0 Å². The lowest BCUT2D eigenvalue weighted by molar-refractivity contribution is 0.426. The molecule has 1 heteroatoms. The fraction of sp³-hybridized carbons (Fsp3) is 0.368. The van der Waals surface area contributed by atoms with Gasteiger partial charge < -0.3 is 5.32 Å². The van der Waals surface area contributed by atoms with Crippen LogP contribution in [0, 0.1) is 5.92 Å². The van der Waals surface area contributed by atoms with Crippen LogP contribution >= 0.6 is 0 Å². The Morgan fingerprint density at radius 3 is 2.50 bits per heavy atom. The summed E-state index contributed by atoms with van der Waals surface area (Å²) in [6, 6.07) is 19.6. The summed E-state index contributed by atoms with van der Waals surface area (Å²) >= 11 is 0. The van der Waals surface area contributed by atoms with Crippen LogP contribution in [0.25, 0.3) is 0 Å². The van der Waals surface area contributed by atoms with E-state index in [1.165, 1.54) is 24.8 Å². The predicted molar refractivity (Wildman–Crippen MR) is 85.0 cm³/mol. The summed E-state index contributed by atoms with van der Waals surface area (Å²) in [5.41, 5.74) is 4.55. The molecule has 0 aromatic heterocycles. The third-order valence-electron chi connectivity index (χ3n) is 4.32. The lowest BCUT2D eigenvalue weighted by Gasteiger charge is -2.24. The third-order valence-corrected chi connectivity index (χ3v) is 4.32. The summed E-state index contributed by atoms with van der Waals surface area (Å²) in [6.07, 6.45) is 4.95. The van der Waals surface area contributed by atoms with E-state index >= 15 is 0 Å². The van der Waals surface area contributed by atoms with E-state index in [1.807, 2.05) is 0 Å². The second-order valence-corrected chi connectivity index (χ2v) is 5.82. The largest absolute Gasteiger partial charge is 0.316 e. The molecule has 0 heterocycles. The van der Waals surface area contributed by atoms with E-state index < -0.39 is 0 Å². The van der Waals surface area contributed by atoms with E-state index in [1.54, 1.807) is 11.1 Å². The SMILES string of the molecule is c1ccc(CCNCC2CCc3ccccc3C2)cc1. The summed E-state index contributed by atoms with van der Waals surface area (Å²) < 4.78 is 0. The quantitative estimate of drug-likeness (QED) is 0.814. The van der Waals surface area contributed by atoms with Gasteiger partial charge in [0.25, 0.3) is 0 Å². The number of hydrogen-bond donors (Lipinski definition) is 1. The van der Waals surface area contributed by atoms with E-state index in [9.17, 15) is 0 Å². The van der Waals surface area contributed by atoms with Gasteiger partial charge in [0, 0.05) is 0 Å². The van der Waals surface area contributed by atoms with Gasteiger partial charge in [-0.15, -0.1) is 0 Å². The maximum Gasteiger partial charge on any atom is -0.000823 e. The summed E-state index contributed by atoms with van der Waals surface area (Å²) in [6.45, 7) is 2.24. The van der Waals surface area contributed by atoms with Crippen molar-refractivity contribution in [1.82, 2.24) is 5.32 Å². The molecule has 2 aromatic rings. The summed E-state index contributed by atoms with van der Waals surface area (Å²) in [7, 11) is 0. The highest BCUT2D eigenvalue weighted by Crippen LogP contribution is 2.24.